The van der Waals surface area contributed by atoms with E-state index in [0.29, 0.717) is 11.4 Å². The number of rotatable bonds is 5. The number of nitrogens with one attached hydrogen (secondary N) is 3. The van der Waals surface area contributed by atoms with Crippen molar-refractivity contribution in [1.82, 2.24) is 5.32 Å². The highest BCUT2D eigenvalue weighted by Gasteiger charge is 2.24. The van der Waals surface area contributed by atoms with Crippen molar-refractivity contribution in [3.05, 3.63) is 24.3 Å². The molecule has 106 valence electrons. The van der Waals surface area contributed by atoms with Gasteiger partial charge < -0.3 is 16.0 Å². The molecule has 0 radical (unpaired) electrons. The van der Waals surface area contributed by atoms with Crippen molar-refractivity contribution in [3.63, 3.8) is 0 Å². The summed E-state index contributed by atoms with van der Waals surface area (Å²) < 4.78 is 0. The zero-order chi connectivity index (χ0) is 14.5. The molecule has 0 atom stereocenters. The van der Waals surface area contributed by atoms with E-state index in [1.54, 1.807) is 24.3 Å². The van der Waals surface area contributed by atoms with Crippen LogP contribution in [0.1, 0.15) is 26.2 Å². The van der Waals surface area contributed by atoms with Gasteiger partial charge in [-0.25, -0.2) is 0 Å². The molecule has 0 aliphatic heterocycles. The molecule has 0 bridgehead atoms. The molecule has 6 nitrogen and oxygen atoms in total. The van der Waals surface area contributed by atoms with Crippen molar-refractivity contribution >= 4 is 29.1 Å². The van der Waals surface area contributed by atoms with E-state index in [9.17, 15) is 14.4 Å². The molecule has 1 saturated carbocycles. The number of hydrogen-bond acceptors (Lipinski definition) is 3. The molecule has 1 aromatic carbocycles. The first-order valence-corrected chi connectivity index (χ1v) is 6.50. The van der Waals surface area contributed by atoms with Crippen molar-refractivity contribution in [2.75, 3.05) is 10.6 Å². The zero-order valence-electron chi connectivity index (χ0n) is 11.2. The lowest BCUT2D eigenvalue weighted by Gasteiger charge is -2.07. The molecule has 0 aromatic heterocycles. The molecule has 0 unspecified atom stereocenters. The van der Waals surface area contributed by atoms with Crippen molar-refractivity contribution in [1.29, 1.82) is 0 Å². The van der Waals surface area contributed by atoms with Crippen LogP contribution in [0.5, 0.6) is 0 Å². The lowest BCUT2D eigenvalue weighted by Crippen LogP contribution is -2.29. The molecule has 20 heavy (non-hydrogen) atoms. The van der Waals surface area contributed by atoms with Crippen LogP contribution in [0.25, 0.3) is 0 Å². The monoisotopic (exact) mass is 275 g/mol. The average molecular weight is 275 g/mol. The third kappa shape index (κ3) is 4.72. The van der Waals surface area contributed by atoms with Gasteiger partial charge in [0, 0.05) is 24.3 Å². The molecule has 0 spiro atoms. The Labute approximate surface area is 116 Å². The number of carbonyl (C=O) groups is 3. The van der Waals surface area contributed by atoms with Gasteiger partial charge >= 0.3 is 0 Å². The van der Waals surface area contributed by atoms with Crippen LogP contribution in [0.15, 0.2) is 24.3 Å². The van der Waals surface area contributed by atoms with Crippen molar-refractivity contribution in [3.8, 4) is 0 Å². The number of anilines is 2. The van der Waals surface area contributed by atoms with Crippen LogP contribution in [0.3, 0.4) is 0 Å². The fourth-order valence-electron chi connectivity index (χ4n) is 1.70. The molecule has 1 aliphatic carbocycles. The van der Waals surface area contributed by atoms with Crippen molar-refractivity contribution in [2.24, 2.45) is 0 Å². The SMILES string of the molecule is CC(=O)Nc1ccc(NC(=O)CC(=O)NC2CC2)cc1. The van der Waals surface area contributed by atoms with Gasteiger partial charge in [0.25, 0.3) is 0 Å². The van der Waals surface area contributed by atoms with Crippen molar-refractivity contribution < 1.29 is 14.4 Å². The van der Waals surface area contributed by atoms with Crippen LogP contribution in [-0.4, -0.2) is 23.8 Å². The van der Waals surface area contributed by atoms with Crippen molar-refractivity contribution in [2.45, 2.75) is 32.2 Å². The van der Waals surface area contributed by atoms with Gasteiger partial charge in [-0.2, -0.15) is 0 Å². The lowest BCUT2D eigenvalue weighted by atomic mass is 10.2. The first kappa shape index (κ1) is 14.0. The summed E-state index contributed by atoms with van der Waals surface area (Å²) >= 11 is 0. The average Bonchev–Trinajstić information content (AvgIpc) is 3.14. The highest BCUT2D eigenvalue weighted by Crippen LogP contribution is 2.18. The number of hydrogen-bond donors (Lipinski definition) is 3. The second-order valence-corrected chi connectivity index (χ2v) is 4.83. The van der Waals surface area contributed by atoms with Crippen LogP contribution in [0, 0.1) is 0 Å². The summed E-state index contributed by atoms with van der Waals surface area (Å²) in [6.45, 7) is 1.42. The maximum Gasteiger partial charge on any atom is 0.233 e. The summed E-state index contributed by atoms with van der Waals surface area (Å²) in [5.74, 6) is -0.756. The van der Waals surface area contributed by atoms with E-state index in [4.69, 9.17) is 0 Å². The van der Waals surface area contributed by atoms with E-state index in [-0.39, 0.29) is 30.2 Å². The summed E-state index contributed by atoms with van der Waals surface area (Å²) in [7, 11) is 0. The molecule has 2 rings (SSSR count). The highest BCUT2D eigenvalue weighted by molar-refractivity contribution is 6.03. The lowest BCUT2D eigenvalue weighted by molar-refractivity contribution is -0.127. The van der Waals surface area contributed by atoms with Crippen LogP contribution in [0.2, 0.25) is 0 Å². The Hall–Kier alpha value is -2.37. The van der Waals surface area contributed by atoms with Gasteiger partial charge in [0.2, 0.25) is 17.7 Å². The number of benzene rings is 1. The van der Waals surface area contributed by atoms with E-state index in [2.05, 4.69) is 16.0 Å². The fraction of sp³-hybridized carbons (Fsp3) is 0.357. The second-order valence-electron chi connectivity index (χ2n) is 4.83. The summed E-state index contributed by atoms with van der Waals surface area (Å²) in [4.78, 5) is 34.0. The minimum atomic E-state index is -0.351. The third-order valence-corrected chi connectivity index (χ3v) is 2.75. The Bertz CT molecular complexity index is 521. The third-order valence-electron chi connectivity index (χ3n) is 2.75. The topological polar surface area (TPSA) is 87.3 Å². The summed E-state index contributed by atoms with van der Waals surface area (Å²) in [5.41, 5.74) is 1.24. The molecule has 1 aliphatic rings. The number of amides is 3. The van der Waals surface area contributed by atoms with Gasteiger partial charge in [-0.1, -0.05) is 0 Å². The Morgan fingerprint density at radius 1 is 1.00 bits per heavy atom. The molecular weight excluding hydrogens is 258 g/mol. The standard InChI is InChI=1S/C14H17N3O3/c1-9(18)15-10-2-4-11(5-3-10)16-13(19)8-14(20)17-12-6-7-12/h2-5,12H,6-8H2,1H3,(H,15,18)(H,16,19)(H,17,20). The van der Waals surface area contributed by atoms with E-state index < -0.39 is 0 Å². The molecule has 3 N–H and O–H groups in total. The van der Waals surface area contributed by atoms with Crippen LogP contribution in [-0.2, 0) is 14.4 Å². The number of carbonyl (C=O) groups excluding carboxylic acids is 3. The van der Waals surface area contributed by atoms with Gasteiger partial charge in [-0.05, 0) is 37.1 Å². The van der Waals surface area contributed by atoms with Gasteiger partial charge in [0.1, 0.15) is 6.42 Å². The van der Waals surface area contributed by atoms with Gasteiger partial charge in [0.05, 0.1) is 0 Å². The maximum absolute atomic E-state index is 11.6. The Morgan fingerprint density at radius 3 is 2.05 bits per heavy atom. The quantitative estimate of drug-likeness (QED) is 0.707. The summed E-state index contributed by atoms with van der Waals surface area (Å²) in [5, 5.41) is 8.02. The van der Waals surface area contributed by atoms with Gasteiger partial charge in [-0.3, -0.25) is 14.4 Å². The smallest absolute Gasteiger partial charge is 0.233 e. The minimum Gasteiger partial charge on any atom is -0.353 e. The molecule has 6 heteroatoms. The highest BCUT2D eigenvalue weighted by atomic mass is 16.2. The molecule has 3 amide bonds. The molecule has 1 fully saturated rings. The first-order valence-electron chi connectivity index (χ1n) is 6.50. The Morgan fingerprint density at radius 2 is 1.55 bits per heavy atom. The molecular formula is C14H17N3O3. The fourth-order valence-corrected chi connectivity index (χ4v) is 1.70. The second kappa shape index (κ2) is 6.18. The van der Waals surface area contributed by atoms with Crippen LogP contribution >= 0.6 is 0 Å². The van der Waals surface area contributed by atoms with E-state index in [0.717, 1.165) is 12.8 Å². The largest absolute Gasteiger partial charge is 0.353 e. The van der Waals surface area contributed by atoms with Gasteiger partial charge in [-0.15, -0.1) is 0 Å². The predicted molar refractivity (Wildman–Crippen MR) is 75.2 cm³/mol. The van der Waals surface area contributed by atoms with E-state index >= 15 is 0 Å². The molecule has 1 aromatic rings. The predicted octanol–water partition coefficient (Wildman–Crippen LogP) is 1.25. The van der Waals surface area contributed by atoms with Crippen LogP contribution in [0.4, 0.5) is 11.4 Å². The zero-order valence-corrected chi connectivity index (χ0v) is 11.2. The van der Waals surface area contributed by atoms with Crippen LogP contribution < -0.4 is 16.0 Å². The normalized spacial score (nSPS) is 13.4. The Balaban J connectivity index is 1.80. The van der Waals surface area contributed by atoms with E-state index in [1.165, 1.54) is 6.92 Å². The molecule has 0 saturated heterocycles. The Kier molecular flexibility index (Phi) is 4.34. The maximum atomic E-state index is 11.6. The van der Waals surface area contributed by atoms with E-state index in [1.807, 2.05) is 0 Å². The first-order chi connectivity index (χ1) is 9.52. The summed E-state index contributed by atoms with van der Waals surface area (Å²) in [6, 6.07) is 6.96. The summed E-state index contributed by atoms with van der Waals surface area (Å²) in [6.07, 6.45) is 1.82. The molecule has 0 heterocycles. The minimum absolute atomic E-state index is 0.154. The van der Waals surface area contributed by atoms with Gasteiger partial charge in [0.15, 0.2) is 0 Å².